The molecule has 0 aliphatic carbocycles. The molecular formula is C12H15Cl2NO2. The summed E-state index contributed by atoms with van der Waals surface area (Å²) in [6.45, 7) is 3.40. The molecule has 0 heterocycles. The molecule has 2 N–H and O–H groups in total. The molecule has 17 heavy (non-hydrogen) atoms. The van der Waals surface area contributed by atoms with Crippen LogP contribution in [0.15, 0.2) is 18.2 Å². The van der Waals surface area contributed by atoms with Gasteiger partial charge in [-0.05, 0) is 26.0 Å². The van der Waals surface area contributed by atoms with E-state index in [1.165, 1.54) is 7.11 Å². The molecule has 0 fully saturated rings. The molecule has 0 amide bonds. The third kappa shape index (κ3) is 2.73. The molecule has 0 aliphatic heterocycles. The van der Waals surface area contributed by atoms with Gasteiger partial charge in [-0.2, -0.15) is 0 Å². The second-order valence-corrected chi connectivity index (χ2v) is 5.14. The Morgan fingerprint density at radius 3 is 2.24 bits per heavy atom. The second-order valence-electron chi connectivity index (χ2n) is 4.33. The SMILES string of the molecule is COC(=O)C(C)(C)[C@H](N)c1c(Cl)cccc1Cl. The fourth-order valence-corrected chi connectivity index (χ4v) is 2.19. The van der Waals surface area contributed by atoms with Crippen LogP contribution >= 0.6 is 23.2 Å². The van der Waals surface area contributed by atoms with E-state index in [1.54, 1.807) is 32.0 Å². The van der Waals surface area contributed by atoms with Crippen molar-refractivity contribution in [2.75, 3.05) is 7.11 Å². The first kappa shape index (κ1) is 14.3. The van der Waals surface area contributed by atoms with Gasteiger partial charge in [-0.25, -0.2) is 0 Å². The number of carbonyl (C=O) groups is 1. The fourth-order valence-electron chi connectivity index (χ4n) is 1.56. The van der Waals surface area contributed by atoms with Gasteiger partial charge in [0.15, 0.2) is 0 Å². The molecule has 94 valence electrons. The summed E-state index contributed by atoms with van der Waals surface area (Å²) >= 11 is 12.1. The van der Waals surface area contributed by atoms with E-state index in [1.807, 2.05) is 0 Å². The largest absolute Gasteiger partial charge is 0.469 e. The van der Waals surface area contributed by atoms with Crippen molar-refractivity contribution in [3.63, 3.8) is 0 Å². The van der Waals surface area contributed by atoms with Crippen LogP contribution in [0.4, 0.5) is 0 Å². The van der Waals surface area contributed by atoms with E-state index in [9.17, 15) is 4.79 Å². The molecule has 1 aromatic rings. The Morgan fingerprint density at radius 2 is 1.82 bits per heavy atom. The quantitative estimate of drug-likeness (QED) is 0.862. The third-order valence-corrected chi connectivity index (χ3v) is 3.46. The lowest BCUT2D eigenvalue weighted by Gasteiger charge is -2.30. The van der Waals surface area contributed by atoms with E-state index in [4.69, 9.17) is 33.7 Å². The van der Waals surface area contributed by atoms with E-state index in [-0.39, 0.29) is 0 Å². The van der Waals surface area contributed by atoms with E-state index < -0.39 is 17.4 Å². The minimum atomic E-state index is -0.899. The summed E-state index contributed by atoms with van der Waals surface area (Å²) in [6, 6.07) is 4.48. The monoisotopic (exact) mass is 275 g/mol. The molecule has 1 atom stereocenters. The fraction of sp³-hybridized carbons (Fsp3) is 0.417. The summed E-state index contributed by atoms with van der Waals surface area (Å²) in [7, 11) is 1.32. The number of hydrogen-bond donors (Lipinski definition) is 1. The van der Waals surface area contributed by atoms with Crippen molar-refractivity contribution in [1.82, 2.24) is 0 Å². The Kier molecular flexibility index (Phi) is 4.42. The smallest absolute Gasteiger partial charge is 0.313 e. The number of halogens is 2. The highest BCUT2D eigenvalue weighted by Crippen LogP contribution is 2.39. The zero-order valence-corrected chi connectivity index (χ0v) is 11.5. The van der Waals surface area contributed by atoms with Crippen molar-refractivity contribution >= 4 is 29.2 Å². The maximum Gasteiger partial charge on any atom is 0.313 e. The third-order valence-electron chi connectivity index (χ3n) is 2.80. The highest BCUT2D eigenvalue weighted by Gasteiger charge is 2.38. The molecule has 1 rings (SSSR count). The van der Waals surface area contributed by atoms with Crippen molar-refractivity contribution in [1.29, 1.82) is 0 Å². The summed E-state index contributed by atoms with van der Waals surface area (Å²) in [5.74, 6) is -0.402. The molecular weight excluding hydrogens is 261 g/mol. The number of rotatable bonds is 3. The molecule has 3 nitrogen and oxygen atoms in total. The van der Waals surface area contributed by atoms with Gasteiger partial charge in [0.05, 0.1) is 12.5 Å². The molecule has 0 unspecified atom stereocenters. The molecule has 0 aliphatic rings. The average molecular weight is 276 g/mol. The number of esters is 1. The Hall–Kier alpha value is -0.770. The first-order chi connectivity index (χ1) is 7.82. The maximum atomic E-state index is 11.7. The molecule has 0 saturated carbocycles. The van der Waals surface area contributed by atoms with Crippen LogP contribution in [-0.4, -0.2) is 13.1 Å². The van der Waals surface area contributed by atoms with Crippen molar-refractivity contribution in [2.24, 2.45) is 11.1 Å². The summed E-state index contributed by atoms with van der Waals surface area (Å²) < 4.78 is 4.73. The van der Waals surface area contributed by atoms with Gasteiger partial charge in [-0.1, -0.05) is 29.3 Å². The minimum absolute atomic E-state index is 0.402. The standard InChI is InChI=1S/C12H15Cl2NO2/c1-12(2,11(16)17-3)10(15)9-7(13)5-4-6-8(9)14/h4-6,10H,15H2,1-3H3/t10-/m1/s1. The highest BCUT2D eigenvalue weighted by molar-refractivity contribution is 6.36. The van der Waals surface area contributed by atoms with Crippen LogP contribution in [0.2, 0.25) is 10.0 Å². The molecule has 0 spiro atoms. The van der Waals surface area contributed by atoms with Crippen LogP contribution in [0, 0.1) is 5.41 Å². The van der Waals surface area contributed by atoms with Crippen LogP contribution in [0.3, 0.4) is 0 Å². The Labute approximate surface area is 111 Å². The Morgan fingerprint density at radius 1 is 1.35 bits per heavy atom. The maximum absolute atomic E-state index is 11.7. The number of ether oxygens (including phenoxy) is 1. The number of benzene rings is 1. The first-order valence-electron chi connectivity index (χ1n) is 5.10. The van der Waals surface area contributed by atoms with Crippen LogP contribution in [-0.2, 0) is 9.53 Å². The number of nitrogens with two attached hydrogens (primary N) is 1. The molecule has 0 aromatic heterocycles. The summed E-state index contributed by atoms with van der Waals surface area (Å²) in [5.41, 5.74) is 5.74. The molecule has 5 heteroatoms. The molecule has 0 radical (unpaired) electrons. The highest BCUT2D eigenvalue weighted by atomic mass is 35.5. The zero-order valence-electron chi connectivity index (χ0n) is 9.96. The van der Waals surface area contributed by atoms with Gasteiger partial charge in [0.2, 0.25) is 0 Å². The predicted octanol–water partition coefficient (Wildman–Crippen LogP) is 3.19. The van der Waals surface area contributed by atoms with E-state index in [2.05, 4.69) is 0 Å². The number of hydrogen-bond acceptors (Lipinski definition) is 3. The van der Waals surface area contributed by atoms with E-state index in [0.29, 0.717) is 15.6 Å². The first-order valence-corrected chi connectivity index (χ1v) is 5.86. The topological polar surface area (TPSA) is 52.3 Å². The van der Waals surface area contributed by atoms with Gasteiger partial charge in [0.1, 0.15) is 0 Å². The Balaban J connectivity index is 3.21. The summed E-state index contributed by atoms with van der Waals surface area (Å²) in [6.07, 6.45) is 0. The summed E-state index contributed by atoms with van der Waals surface area (Å²) in [5, 5.41) is 0.893. The van der Waals surface area contributed by atoms with Crippen LogP contribution in [0.5, 0.6) is 0 Å². The van der Waals surface area contributed by atoms with Gasteiger partial charge in [-0.15, -0.1) is 0 Å². The zero-order chi connectivity index (χ0) is 13.2. The normalized spacial score (nSPS) is 13.3. The second kappa shape index (κ2) is 5.25. The molecule has 0 saturated heterocycles. The van der Waals surface area contributed by atoms with Gasteiger partial charge in [0, 0.05) is 21.7 Å². The van der Waals surface area contributed by atoms with Crippen molar-refractivity contribution in [3.8, 4) is 0 Å². The predicted molar refractivity (Wildman–Crippen MR) is 69.2 cm³/mol. The Bertz CT molecular complexity index is 412. The summed E-state index contributed by atoms with van der Waals surface area (Å²) in [4.78, 5) is 11.7. The average Bonchev–Trinajstić information content (AvgIpc) is 2.27. The van der Waals surface area contributed by atoms with Crippen LogP contribution in [0.25, 0.3) is 0 Å². The van der Waals surface area contributed by atoms with Crippen LogP contribution < -0.4 is 5.73 Å². The van der Waals surface area contributed by atoms with Gasteiger partial charge >= 0.3 is 5.97 Å². The van der Waals surface area contributed by atoms with E-state index in [0.717, 1.165) is 0 Å². The van der Waals surface area contributed by atoms with Crippen molar-refractivity contribution in [3.05, 3.63) is 33.8 Å². The van der Waals surface area contributed by atoms with Gasteiger partial charge in [-0.3, -0.25) is 4.79 Å². The van der Waals surface area contributed by atoms with Crippen LogP contribution in [0.1, 0.15) is 25.5 Å². The van der Waals surface area contributed by atoms with Gasteiger partial charge in [0.25, 0.3) is 0 Å². The van der Waals surface area contributed by atoms with Crippen molar-refractivity contribution < 1.29 is 9.53 Å². The van der Waals surface area contributed by atoms with Crippen molar-refractivity contribution in [2.45, 2.75) is 19.9 Å². The lowest BCUT2D eigenvalue weighted by molar-refractivity contribution is -0.152. The van der Waals surface area contributed by atoms with Gasteiger partial charge < -0.3 is 10.5 Å². The lowest BCUT2D eigenvalue weighted by Crippen LogP contribution is -2.37. The van der Waals surface area contributed by atoms with E-state index >= 15 is 0 Å². The minimum Gasteiger partial charge on any atom is -0.469 e. The number of carbonyl (C=O) groups excluding carboxylic acids is 1. The number of methoxy groups -OCH3 is 1. The molecule has 1 aromatic carbocycles. The molecule has 0 bridgehead atoms. The lowest BCUT2D eigenvalue weighted by atomic mass is 9.81.